The van der Waals surface area contributed by atoms with Crippen LogP contribution in [0.2, 0.25) is 0 Å². The minimum atomic E-state index is -2.19. The number of carboxylic acids is 2. The van der Waals surface area contributed by atoms with Crippen LogP contribution in [0.1, 0.15) is 25.7 Å². The standard InChI is InChI=1S/C6H12N2.C2H2O4.2H2O.Pt/c7-5-3-1-2-4-6(5)8;3-1(4)2(5)6;;;/h5-8H,1-4H2;(H,3,4)(H,5,6);2*1H2;/q-2;;;;+4/p-4/t5-,6-;;;;/m1..../s1. The van der Waals surface area contributed by atoms with E-state index in [-0.39, 0.29) is 44.1 Å². The molecule has 1 rings (SSSR count). The second-order valence-electron chi connectivity index (χ2n) is 3.07. The minimum absolute atomic E-state index is 0. The molecule has 0 bridgehead atoms. The van der Waals surface area contributed by atoms with E-state index in [0.29, 0.717) is 0 Å². The fourth-order valence-corrected chi connectivity index (χ4v) is 1.13. The first-order valence-corrected chi connectivity index (χ1v) is 4.29. The van der Waals surface area contributed by atoms with E-state index < -0.39 is 11.9 Å². The Bertz CT molecular complexity index is 194. The number of hydrogen-bond donors (Lipinski definition) is 0. The second-order valence-corrected chi connectivity index (χ2v) is 3.07. The van der Waals surface area contributed by atoms with E-state index in [1.165, 1.54) is 12.8 Å². The summed E-state index contributed by atoms with van der Waals surface area (Å²) in [7, 11) is 0. The fraction of sp³-hybridized carbons (Fsp3) is 0.750. The maximum absolute atomic E-state index is 8.93. The van der Waals surface area contributed by atoms with Crippen LogP contribution < -0.4 is 10.2 Å². The van der Waals surface area contributed by atoms with Gasteiger partial charge in [-0.3, -0.25) is 0 Å². The molecule has 0 saturated heterocycles. The zero-order valence-electron chi connectivity index (χ0n) is 8.83. The topological polar surface area (TPSA) is 188 Å². The number of aliphatic carboxylic acids is 2. The van der Waals surface area contributed by atoms with E-state index in [1.54, 1.807) is 0 Å². The van der Waals surface area contributed by atoms with Crippen LogP contribution >= 0.6 is 0 Å². The molecule has 1 aliphatic carbocycles. The molecule has 0 aliphatic heterocycles. The van der Waals surface area contributed by atoms with Crippen molar-refractivity contribution in [1.29, 1.82) is 0 Å². The van der Waals surface area contributed by atoms with Gasteiger partial charge in [0.05, 0.1) is 11.9 Å². The molecule has 17 heavy (non-hydrogen) atoms. The molecule has 0 radical (unpaired) electrons. The van der Waals surface area contributed by atoms with Crippen LogP contribution in [0.25, 0.3) is 11.5 Å². The van der Waals surface area contributed by atoms with Crippen molar-refractivity contribution in [1.82, 2.24) is 0 Å². The molecular weight excluding hydrogens is 415 g/mol. The molecule has 1 fully saturated rings. The normalized spacial score (nSPS) is 21.3. The van der Waals surface area contributed by atoms with Gasteiger partial charge in [-0.1, -0.05) is 25.7 Å². The molecule has 0 unspecified atom stereocenters. The van der Waals surface area contributed by atoms with E-state index in [4.69, 9.17) is 31.3 Å². The van der Waals surface area contributed by atoms with E-state index >= 15 is 0 Å². The number of carbonyl (C=O) groups is 2. The zero-order chi connectivity index (χ0) is 11.1. The summed E-state index contributed by atoms with van der Waals surface area (Å²) in [6.07, 6.45) is 4.25. The Morgan fingerprint density at radius 1 is 0.882 bits per heavy atom. The smallest absolute Gasteiger partial charge is 0.870 e. The first kappa shape index (κ1) is 25.3. The average molecular weight is 429 g/mol. The zero-order valence-corrected chi connectivity index (χ0v) is 11.1. The van der Waals surface area contributed by atoms with Crippen molar-refractivity contribution in [2.75, 3.05) is 0 Å². The van der Waals surface area contributed by atoms with Crippen molar-refractivity contribution in [3.8, 4) is 0 Å². The first-order valence-electron chi connectivity index (χ1n) is 4.29. The van der Waals surface area contributed by atoms with Crippen molar-refractivity contribution in [3.05, 3.63) is 11.5 Å². The number of hydrogen-bond acceptors (Lipinski definition) is 6. The van der Waals surface area contributed by atoms with Crippen molar-refractivity contribution in [2.24, 2.45) is 0 Å². The van der Waals surface area contributed by atoms with Gasteiger partial charge in [-0.2, -0.15) is 12.1 Å². The molecule has 0 aromatic heterocycles. The summed E-state index contributed by atoms with van der Waals surface area (Å²) in [4.78, 5) is 17.9. The van der Waals surface area contributed by atoms with Gasteiger partial charge in [0.1, 0.15) is 0 Å². The van der Waals surface area contributed by atoms with Gasteiger partial charge in [0.2, 0.25) is 0 Å². The Balaban J connectivity index is -0.0000000873. The summed E-state index contributed by atoms with van der Waals surface area (Å²) in [5.74, 6) is -4.37. The third-order valence-corrected chi connectivity index (χ3v) is 1.93. The van der Waals surface area contributed by atoms with Crippen LogP contribution in [-0.4, -0.2) is 35.0 Å². The molecule has 8 nitrogen and oxygen atoms in total. The predicted octanol–water partition coefficient (Wildman–Crippen LogP) is -1.47. The molecule has 0 heterocycles. The molecule has 1 saturated carbocycles. The molecular formula is C8H14N2O6Pt-2. The summed E-state index contributed by atoms with van der Waals surface area (Å²) >= 11 is 0. The van der Waals surface area contributed by atoms with E-state index in [0.717, 1.165) is 12.8 Å². The number of rotatable bonds is 0. The van der Waals surface area contributed by atoms with Crippen LogP contribution in [0.4, 0.5) is 0 Å². The SMILES string of the molecule is O=C([O-])C(=O)[O-].[NH-][C@@H]1CCCC[C@H]1[NH-].[OH-].[OH-].[Pt+4]. The maximum atomic E-state index is 8.93. The number of carbonyl (C=O) groups excluding carboxylic acids is 2. The van der Waals surface area contributed by atoms with Crippen LogP contribution in [0, 0.1) is 0 Å². The molecule has 0 spiro atoms. The summed E-state index contributed by atoms with van der Waals surface area (Å²) in [5, 5.41) is 17.9. The van der Waals surface area contributed by atoms with Crippen LogP contribution in [0.5, 0.6) is 0 Å². The van der Waals surface area contributed by atoms with Gasteiger partial charge in [-0.25, -0.2) is 0 Å². The molecule has 9 heteroatoms. The largest absolute Gasteiger partial charge is 4.00 e. The van der Waals surface area contributed by atoms with E-state index in [2.05, 4.69) is 0 Å². The van der Waals surface area contributed by atoms with E-state index in [1.807, 2.05) is 0 Å². The van der Waals surface area contributed by atoms with Crippen molar-refractivity contribution < 1.29 is 51.8 Å². The fourth-order valence-electron chi connectivity index (χ4n) is 1.13. The van der Waals surface area contributed by atoms with Crippen molar-refractivity contribution in [3.63, 3.8) is 0 Å². The Labute approximate surface area is 113 Å². The van der Waals surface area contributed by atoms with Gasteiger partial charge in [0, 0.05) is 0 Å². The number of carboxylic acid groups (broad SMARTS) is 2. The predicted molar refractivity (Wildman–Crippen MR) is 48.6 cm³/mol. The van der Waals surface area contributed by atoms with E-state index in [9.17, 15) is 0 Å². The molecule has 0 aromatic carbocycles. The van der Waals surface area contributed by atoms with Gasteiger partial charge in [0.15, 0.2) is 0 Å². The van der Waals surface area contributed by atoms with Crippen LogP contribution in [-0.2, 0) is 30.7 Å². The van der Waals surface area contributed by atoms with Gasteiger partial charge < -0.3 is 42.2 Å². The van der Waals surface area contributed by atoms with Gasteiger partial charge in [-0.15, -0.1) is 0 Å². The summed E-state index contributed by atoms with van der Waals surface area (Å²) in [6.45, 7) is 0. The Kier molecular flexibility index (Phi) is 20.2. The second kappa shape index (κ2) is 13.5. The first-order chi connectivity index (χ1) is 6.45. The van der Waals surface area contributed by atoms with Gasteiger partial charge in [0.25, 0.3) is 0 Å². The quantitative estimate of drug-likeness (QED) is 0.423. The molecule has 4 N–H and O–H groups in total. The average Bonchev–Trinajstić information content (AvgIpc) is 2.11. The number of nitrogens with one attached hydrogen (secondary N) is 2. The molecule has 2 atom stereocenters. The Hall–Kier alpha value is -0.532. The molecule has 104 valence electrons. The minimum Gasteiger partial charge on any atom is -0.870 e. The third-order valence-electron chi connectivity index (χ3n) is 1.93. The summed E-state index contributed by atoms with van der Waals surface area (Å²) in [5.41, 5.74) is 14.6. The van der Waals surface area contributed by atoms with Gasteiger partial charge in [-0.05, 0) is 0 Å². The van der Waals surface area contributed by atoms with Crippen molar-refractivity contribution in [2.45, 2.75) is 37.8 Å². The third kappa shape index (κ3) is 13.4. The van der Waals surface area contributed by atoms with Gasteiger partial charge >= 0.3 is 21.1 Å². The summed E-state index contributed by atoms with van der Waals surface area (Å²) in [6, 6.07) is -0.160. The molecule has 1 aliphatic rings. The monoisotopic (exact) mass is 429 g/mol. The maximum Gasteiger partial charge on any atom is 4.00 e. The molecule has 0 aromatic rings. The molecule has 0 amide bonds. The summed E-state index contributed by atoms with van der Waals surface area (Å²) < 4.78 is 0. The van der Waals surface area contributed by atoms with Crippen LogP contribution in [0.3, 0.4) is 0 Å². The van der Waals surface area contributed by atoms with Crippen LogP contribution in [0.15, 0.2) is 0 Å². The Morgan fingerprint density at radius 2 is 1.12 bits per heavy atom. The van der Waals surface area contributed by atoms with Crippen molar-refractivity contribution >= 4 is 11.9 Å². The Morgan fingerprint density at radius 3 is 1.24 bits per heavy atom.